The highest BCUT2D eigenvalue weighted by atomic mass is 35.5. The van der Waals surface area contributed by atoms with Crippen LogP contribution >= 0.6 is 11.6 Å². The predicted octanol–water partition coefficient (Wildman–Crippen LogP) is 2.42. The summed E-state index contributed by atoms with van der Waals surface area (Å²) in [5, 5.41) is 4.92. The molecule has 84 valence electrons. The third kappa shape index (κ3) is 2.43. The first-order chi connectivity index (χ1) is 7.66. The van der Waals surface area contributed by atoms with Crippen LogP contribution in [0.1, 0.15) is 12.5 Å². The first kappa shape index (κ1) is 11.2. The van der Waals surface area contributed by atoms with E-state index in [1.807, 2.05) is 42.1 Å². The van der Waals surface area contributed by atoms with Crippen molar-refractivity contribution in [2.45, 2.75) is 19.4 Å². The minimum Gasteiger partial charge on any atom is -0.328 e. The molecule has 0 amide bonds. The van der Waals surface area contributed by atoms with E-state index in [0.717, 1.165) is 17.7 Å². The molecule has 3 nitrogen and oxygen atoms in total. The van der Waals surface area contributed by atoms with E-state index in [2.05, 4.69) is 5.10 Å². The van der Waals surface area contributed by atoms with E-state index < -0.39 is 0 Å². The Kier molecular flexibility index (Phi) is 3.27. The van der Waals surface area contributed by atoms with Crippen molar-refractivity contribution in [1.29, 1.82) is 0 Å². The van der Waals surface area contributed by atoms with E-state index in [-0.39, 0.29) is 6.04 Å². The minimum absolute atomic E-state index is 0.121. The topological polar surface area (TPSA) is 43.8 Å². The lowest BCUT2D eigenvalue weighted by Crippen LogP contribution is -2.19. The summed E-state index contributed by atoms with van der Waals surface area (Å²) in [5.74, 6) is 0. The van der Waals surface area contributed by atoms with Crippen molar-refractivity contribution < 1.29 is 0 Å². The molecule has 1 atom stereocenters. The van der Waals surface area contributed by atoms with Crippen LogP contribution in [0.25, 0.3) is 5.69 Å². The highest BCUT2D eigenvalue weighted by Crippen LogP contribution is 2.20. The van der Waals surface area contributed by atoms with Crippen LogP contribution < -0.4 is 5.73 Å². The van der Waals surface area contributed by atoms with Gasteiger partial charge in [0.15, 0.2) is 0 Å². The Bertz CT molecular complexity index is 463. The summed E-state index contributed by atoms with van der Waals surface area (Å²) in [4.78, 5) is 0. The van der Waals surface area contributed by atoms with Gasteiger partial charge < -0.3 is 5.73 Å². The molecule has 4 heteroatoms. The normalized spacial score (nSPS) is 12.7. The van der Waals surface area contributed by atoms with Gasteiger partial charge in [0.25, 0.3) is 0 Å². The van der Waals surface area contributed by atoms with E-state index >= 15 is 0 Å². The Morgan fingerprint density at radius 2 is 2.31 bits per heavy atom. The standard InChI is InChI=1S/C12H14ClN3/c1-9(14)7-10-3-4-11(13)8-12(10)16-6-2-5-15-16/h2-6,8-9H,7,14H2,1H3. The van der Waals surface area contributed by atoms with Crippen molar-refractivity contribution in [1.82, 2.24) is 9.78 Å². The fourth-order valence-electron chi connectivity index (χ4n) is 1.68. The Morgan fingerprint density at radius 3 is 2.94 bits per heavy atom. The fraction of sp³-hybridized carbons (Fsp3) is 0.250. The lowest BCUT2D eigenvalue weighted by molar-refractivity contribution is 0.727. The quantitative estimate of drug-likeness (QED) is 0.888. The molecule has 0 bridgehead atoms. The number of nitrogens with two attached hydrogens (primary N) is 1. The van der Waals surface area contributed by atoms with E-state index in [9.17, 15) is 0 Å². The number of rotatable bonds is 3. The Hall–Kier alpha value is -1.32. The largest absolute Gasteiger partial charge is 0.328 e. The average Bonchev–Trinajstić information content (AvgIpc) is 2.73. The molecule has 0 aliphatic rings. The van der Waals surface area contributed by atoms with Gasteiger partial charge in [0.2, 0.25) is 0 Å². The Labute approximate surface area is 99.8 Å². The first-order valence-corrected chi connectivity index (χ1v) is 5.58. The second-order valence-electron chi connectivity index (χ2n) is 3.91. The molecule has 0 aliphatic carbocycles. The molecule has 0 aliphatic heterocycles. The van der Waals surface area contributed by atoms with Crippen LogP contribution in [0.2, 0.25) is 5.02 Å². The van der Waals surface area contributed by atoms with Gasteiger partial charge in [-0.2, -0.15) is 5.10 Å². The molecule has 0 saturated heterocycles. The van der Waals surface area contributed by atoms with Gasteiger partial charge in [-0.05, 0) is 37.1 Å². The Balaban J connectivity index is 2.45. The third-order valence-electron chi connectivity index (χ3n) is 2.34. The lowest BCUT2D eigenvalue weighted by Gasteiger charge is -2.12. The van der Waals surface area contributed by atoms with Gasteiger partial charge in [0, 0.05) is 23.5 Å². The van der Waals surface area contributed by atoms with Gasteiger partial charge in [0.1, 0.15) is 0 Å². The minimum atomic E-state index is 0.121. The van der Waals surface area contributed by atoms with Crippen molar-refractivity contribution in [2.24, 2.45) is 5.73 Å². The number of benzene rings is 1. The van der Waals surface area contributed by atoms with E-state index in [0.29, 0.717) is 5.02 Å². The zero-order valence-electron chi connectivity index (χ0n) is 9.10. The van der Waals surface area contributed by atoms with Crippen LogP contribution in [0.5, 0.6) is 0 Å². The van der Waals surface area contributed by atoms with Crippen LogP contribution in [0.15, 0.2) is 36.7 Å². The summed E-state index contributed by atoms with van der Waals surface area (Å²) >= 11 is 6.00. The van der Waals surface area contributed by atoms with Gasteiger partial charge >= 0.3 is 0 Å². The summed E-state index contributed by atoms with van der Waals surface area (Å²) in [6, 6.07) is 7.80. The molecule has 2 aromatic rings. The number of aromatic nitrogens is 2. The van der Waals surface area contributed by atoms with Crippen LogP contribution in [0.3, 0.4) is 0 Å². The first-order valence-electron chi connectivity index (χ1n) is 5.21. The van der Waals surface area contributed by atoms with Gasteiger partial charge in [0.05, 0.1) is 5.69 Å². The van der Waals surface area contributed by atoms with E-state index in [1.165, 1.54) is 0 Å². The molecule has 1 aromatic heterocycles. The van der Waals surface area contributed by atoms with E-state index in [1.54, 1.807) is 6.20 Å². The predicted molar refractivity (Wildman–Crippen MR) is 65.9 cm³/mol. The van der Waals surface area contributed by atoms with Crippen LogP contribution in [0.4, 0.5) is 0 Å². The summed E-state index contributed by atoms with van der Waals surface area (Å²) < 4.78 is 1.81. The third-order valence-corrected chi connectivity index (χ3v) is 2.58. The maximum absolute atomic E-state index is 6.00. The second-order valence-corrected chi connectivity index (χ2v) is 4.34. The number of nitrogens with zero attached hydrogens (tertiary/aromatic N) is 2. The smallest absolute Gasteiger partial charge is 0.0692 e. The number of hydrogen-bond donors (Lipinski definition) is 1. The summed E-state index contributed by atoms with van der Waals surface area (Å²) in [5.41, 5.74) is 7.97. The molecular weight excluding hydrogens is 222 g/mol. The lowest BCUT2D eigenvalue weighted by atomic mass is 10.1. The van der Waals surface area contributed by atoms with Gasteiger partial charge in [-0.15, -0.1) is 0 Å². The highest BCUT2D eigenvalue weighted by molar-refractivity contribution is 6.30. The van der Waals surface area contributed by atoms with Crippen molar-refractivity contribution in [3.05, 3.63) is 47.2 Å². The maximum atomic E-state index is 6.00. The molecule has 0 saturated carbocycles. The fourth-order valence-corrected chi connectivity index (χ4v) is 1.85. The molecule has 0 fully saturated rings. The summed E-state index contributed by atoms with van der Waals surface area (Å²) in [6.07, 6.45) is 4.46. The molecule has 2 rings (SSSR count). The van der Waals surface area contributed by atoms with Crippen molar-refractivity contribution in [2.75, 3.05) is 0 Å². The molecule has 16 heavy (non-hydrogen) atoms. The van der Waals surface area contributed by atoms with Gasteiger partial charge in [-0.1, -0.05) is 17.7 Å². The maximum Gasteiger partial charge on any atom is 0.0692 e. The molecule has 1 heterocycles. The number of hydrogen-bond acceptors (Lipinski definition) is 2. The molecule has 2 N–H and O–H groups in total. The monoisotopic (exact) mass is 235 g/mol. The van der Waals surface area contributed by atoms with Crippen molar-refractivity contribution >= 4 is 11.6 Å². The SMILES string of the molecule is CC(N)Cc1ccc(Cl)cc1-n1cccn1. The van der Waals surface area contributed by atoms with Gasteiger partial charge in [-0.3, -0.25) is 0 Å². The molecule has 1 aromatic carbocycles. The Morgan fingerprint density at radius 1 is 1.50 bits per heavy atom. The molecule has 0 radical (unpaired) electrons. The average molecular weight is 236 g/mol. The number of halogens is 1. The zero-order chi connectivity index (χ0) is 11.5. The second kappa shape index (κ2) is 4.68. The van der Waals surface area contributed by atoms with Crippen molar-refractivity contribution in [3.63, 3.8) is 0 Å². The van der Waals surface area contributed by atoms with Gasteiger partial charge in [-0.25, -0.2) is 4.68 Å². The summed E-state index contributed by atoms with van der Waals surface area (Å²) in [6.45, 7) is 1.99. The molecule has 1 unspecified atom stereocenters. The van der Waals surface area contributed by atoms with Crippen LogP contribution in [0, 0.1) is 0 Å². The molecular formula is C12H14ClN3. The van der Waals surface area contributed by atoms with Crippen LogP contribution in [-0.2, 0) is 6.42 Å². The highest BCUT2D eigenvalue weighted by Gasteiger charge is 2.07. The zero-order valence-corrected chi connectivity index (χ0v) is 9.85. The summed E-state index contributed by atoms with van der Waals surface area (Å²) in [7, 11) is 0. The van der Waals surface area contributed by atoms with Crippen LogP contribution in [-0.4, -0.2) is 15.8 Å². The van der Waals surface area contributed by atoms with E-state index in [4.69, 9.17) is 17.3 Å². The molecule has 0 spiro atoms. The van der Waals surface area contributed by atoms with Crippen molar-refractivity contribution in [3.8, 4) is 5.69 Å².